The summed E-state index contributed by atoms with van der Waals surface area (Å²) in [5.74, 6) is 2.09. The Kier molecular flexibility index (Phi) is 6.43. The third kappa shape index (κ3) is 4.80. The van der Waals surface area contributed by atoms with Crippen molar-refractivity contribution in [2.24, 2.45) is 11.8 Å². The SMILES string of the molecule is Cc1ccc(CNc2nc(N3CC4CC4C3CO)ncc2C(=O)NC2CCCCC2)cc1Cl. The van der Waals surface area contributed by atoms with Gasteiger partial charge in [0.2, 0.25) is 5.95 Å². The van der Waals surface area contributed by atoms with Gasteiger partial charge in [0.05, 0.1) is 12.6 Å². The second-order valence-electron chi connectivity index (χ2n) is 9.74. The van der Waals surface area contributed by atoms with Crippen LogP contribution in [-0.2, 0) is 6.54 Å². The number of nitrogens with zero attached hydrogens (tertiary/aromatic N) is 3. The molecule has 1 amide bonds. The Labute approximate surface area is 200 Å². The minimum absolute atomic E-state index is 0.0562. The van der Waals surface area contributed by atoms with E-state index in [9.17, 15) is 9.90 Å². The highest BCUT2D eigenvalue weighted by atomic mass is 35.5. The van der Waals surface area contributed by atoms with Crippen molar-refractivity contribution in [2.45, 2.75) is 64.1 Å². The topological polar surface area (TPSA) is 90.4 Å². The van der Waals surface area contributed by atoms with Crippen molar-refractivity contribution >= 4 is 29.3 Å². The molecule has 5 rings (SSSR count). The van der Waals surface area contributed by atoms with E-state index in [-0.39, 0.29) is 24.6 Å². The Morgan fingerprint density at radius 1 is 1.27 bits per heavy atom. The number of amides is 1. The first-order chi connectivity index (χ1) is 16.0. The lowest BCUT2D eigenvalue weighted by atomic mass is 9.95. The largest absolute Gasteiger partial charge is 0.394 e. The summed E-state index contributed by atoms with van der Waals surface area (Å²) in [6.07, 6.45) is 8.37. The van der Waals surface area contributed by atoms with Crippen LogP contribution in [0.25, 0.3) is 0 Å². The molecule has 0 radical (unpaired) electrons. The number of anilines is 2. The second kappa shape index (κ2) is 9.47. The molecule has 2 aliphatic carbocycles. The summed E-state index contributed by atoms with van der Waals surface area (Å²) >= 11 is 6.30. The van der Waals surface area contributed by atoms with E-state index in [0.29, 0.717) is 35.7 Å². The van der Waals surface area contributed by atoms with Crippen LogP contribution in [0.1, 0.15) is 60.0 Å². The van der Waals surface area contributed by atoms with E-state index < -0.39 is 0 Å². The number of fused-ring (bicyclic) bond motifs is 1. The van der Waals surface area contributed by atoms with E-state index in [4.69, 9.17) is 16.6 Å². The Balaban J connectivity index is 1.39. The van der Waals surface area contributed by atoms with Gasteiger partial charge < -0.3 is 20.6 Å². The van der Waals surface area contributed by atoms with Crippen molar-refractivity contribution in [3.8, 4) is 0 Å². The Morgan fingerprint density at radius 2 is 2.09 bits per heavy atom. The lowest BCUT2D eigenvalue weighted by Gasteiger charge is -2.27. The van der Waals surface area contributed by atoms with Crippen LogP contribution in [0.3, 0.4) is 0 Å². The molecule has 3 N–H and O–H groups in total. The molecular weight excluding hydrogens is 438 g/mol. The van der Waals surface area contributed by atoms with Crippen molar-refractivity contribution in [1.29, 1.82) is 0 Å². The maximum Gasteiger partial charge on any atom is 0.256 e. The molecule has 7 nitrogen and oxygen atoms in total. The molecule has 3 aliphatic rings. The van der Waals surface area contributed by atoms with Crippen LogP contribution in [0.4, 0.5) is 11.8 Å². The van der Waals surface area contributed by atoms with E-state index in [2.05, 4.69) is 20.5 Å². The number of carbonyl (C=O) groups excluding carboxylic acids is 1. The zero-order valence-corrected chi connectivity index (χ0v) is 19.8. The maximum absolute atomic E-state index is 13.2. The molecule has 1 aromatic heterocycles. The zero-order chi connectivity index (χ0) is 22.9. The zero-order valence-electron chi connectivity index (χ0n) is 19.1. The molecule has 3 unspecified atom stereocenters. The average molecular weight is 470 g/mol. The van der Waals surface area contributed by atoms with Crippen LogP contribution in [0.5, 0.6) is 0 Å². The molecule has 1 aliphatic heterocycles. The van der Waals surface area contributed by atoms with Crippen molar-refractivity contribution < 1.29 is 9.90 Å². The van der Waals surface area contributed by atoms with E-state index in [1.165, 1.54) is 12.8 Å². The molecule has 1 saturated heterocycles. The summed E-state index contributed by atoms with van der Waals surface area (Å²) in [5, 5.41) is 17.2. The first-order valence-electron chi connectivity index (χ1n) is 12.1. The molecule has 0 bridgehead atoms. The van der Waals surface area contributed by atoms with Gasteiger partial charge in [-0.25, -0.2) is 4.98 Å². The summed E-state index contributed by atoms with van der Waals surface area (Å²) in [6, 6.07) is 6.21. The molecule has 2 heterocycles. The van der Waals surface area contributed by atoms with Gasteiger partial charge in [0.1, 0.15) is 11.4 Å². The first-order valence-corrected chi connectivity index (χ1v) is 12.5. The number of aryl methyl sites for hydroxylation is 1. The van der Waals surface area contributed by atoms with Gasteiger partial charge in [-0.3, -0.25) is 4.79 Å². The number of hydrogen-bond donors (Lipinski definition) is 3. The van der Waals surface area contributed by atoms with Crippen LogP contribution in [0, 0.1) is 18.8 Å². The predicted octanol–water partition coefficient (Wildman–Crippen LogP) is 3.93. The van der Waals surface area contributed by atoms with E-state index in [1.807, 2.05) is 25.1 Å². The number of aliphatic hydroxyl groups is 1. The molecule has 0 spiro atoms. The monoisotopic (exact) mass is 469 g/mol. The molecule has 3 atom stereocenters. The fraction of sp³-hybridized carbons (Fsp3) is 0.560. The van der Waals surface area contributed by atoms with Gasteiger partial charge in [0.15, 0.2) is 0 Å². The molecule has 1 aromatic carbocycles. The number of aliphatic hydroxyl groups excluding tert-OH is 1. The number of carbonyl (C=O) groups is 1. The van der Waals surface area contributed by atoms with Gasteiger partial charge in [-0.15, -0.1) is 0 Å². The van der Waals surface area contributed by atoms with E-state index in [1.54, 1.807) is 6.20 Å². The maximum atomic E-state index is 13.2. The molecule has 3 fully saturated rings. The van der Waals surface area contributed by atoms with Crippen LogP contribution < -0.4 is 15.5 Å². The Bertz CT molecular complexity index is 1030. The fourth-order valence-electron chi connectivity index (χ4n) is 5.29. The third-order valence-corrected chi connectivity index (χ3v) is 7.81. The van der Waals surface area contributed by atoms with Gasteiger partial charge in [-0.2, -0.15) is 4.98 Å². The van der Waals surface area contributed by atoms with Crippen LogP contribution in [-0.4, -0.2) is 46.2 Å². The van der Waals surface area contributed by atoms with Crippen molar-refractivity contribution in [3.05, 3.63) is 46.1 Å². The molecule has 176 valence electrons. The molecule has 2 saturated carbocycles. The number of nitrogens with one attached hydrogen (secondary N) is 2. The number of rotatable bonds is 7. The smallest absolute Gasteiger partial charge is 0.256 e. The summed E-state index contributed by atoms with van der Waals surface area (Å²) in [5.41, 5.74) is 2.49. The molecule has 2 aromatic rings. The molecule has 33 heavy (non-hydrogen) atoms. The van der Waals surface area contributed by atoms with Gasteiger partial charge in [-0.1, -0.05) is 43.0 Å². The number of benzene rings is 1. The van der Waals surface area contributed by atoms with E-state index >= 15 is 0 Å². The van der Waals surface area contributed by atoms with Gasteiger partial charge in [-0.05, 0) is 55.2 Å². The highest BCUT2D eigenvalue weighted by molar-refractivity contribution is 6.31. The summed E-state index contributed by atoms with van der Waals surface area (Å²) in [6.45, 7) is 3.42. The molecule has 8 heteroatoms. The predicted molar refractivity (Wildman–Crippen MR) is 130 cm³/mol. The van der Waals surface area contributed by atoms with Crippen molar-refractivity contribution in [2.75, 3.05) is 23.4 Å². The third-order valence-electron chi connectivity index (χ3n) is 7.40. The van der Waals surface area contributed by atoms with Crippen LogP contribution in [0.15, 0.2) is 24.4 Å². The fourth-order valence-corrected chi connectivity index (χ4v) is 5.49. The quantitative estimate of drug-likeness (QED) is 0.569. The Morgan fingerprint density at radius 3 is 2.85 bits per heavy atom. The first kappa shape index (κ1) is 22.4. The van der Waals surface area contributed by atoms with Crippen LogP contribution >= 0.6 is 11.6 Å². The van der Waals surface area contributed by atoms with Crippen molar-refractivity contribution in [1.82, 2.24) is 15.3 Å². The highest BCUT2D eigenvalue weighted by Crippen LogP contribution is 2.50. The van der Waals surface area contributed by atoms with Gasteiger partial charge in [0.25, 0.3) is 5.91 Å². The van der Waals surface area contributed by atoms with Gasteiger partial charge in [0, 0.05) is 30.4 Å². The minimum Gasteiger partial charge on any atom is -0.394 e. The summed E-state index contributed by atoms with van der Waals surface area (Å²) < 4.78 is 0. The van der Waals surface area contributed by atoms with Gasteiger partial charge >= 0.3 is 0 Å². The lowest BCUT2D eigenvalue weighted by molar-refractivity contribution is 0.0928. The summed E-state index contributed by atoms with van der Waals surface area (Å²) in [4.78, 5) is 24.6. The van der Waals surface area contributed by atoms with Crippen molar-refractivity contribution in [3.63, 3.8) is 0 Å². The second-order valence-corrected chi connectivity index (χ2v) is 10.1. The standard InChI is InChI=1S/C25H32ClN5O2/c1-15-7-8-16(9-21(15)26)11-27-23-20(24(33)29-18-5-3-2-4-6-18)12-28-25(30-23)31-13-17-10-19(17)22(31)14-32/h7-9,12,17-19,22,32H,2-6,10-11,13-14H2,1H3,(H,29,33)(H,27,28,30). The molecular formula is C25H32ClN5O2. The van der Waals surface area contributed by atoms with E-state index in [0.717, 1.165) is 48.4 Å². The number of halogens is 1. The normalized spacial score (nSPS) is 24.5. The number of aromatic nitrogens is 2. The number of hydrogen-bond acceptors (Lipinski definition) is 6. The average Bonchev–Trinajstić information content (AvgIpc) is 3.50. The lowest BCUT2D eigenvalue weighted by Crippen LogP contribution is -2.38. The summed E-state index contributed by atoms with van der Waals surface area (Å²) in [7, 11) is 0. The Hall–Kier alpha value is -2.38. The number of piperidine rings is 1. The minimum atomic E-state index is -0.138. The highest BCUT2D eigenvalue weighted by Gasteiger charge is 2.53. The van der Waals surface area contributed by atoms with Crippen LogP contribution in [0.2, 0.25) is 5.02 Å².